The Hall–Kier alpha value is -2.88. The van der Waals surface area contributed by atoms with Gasteiger partial charge in [0.05, 0.1) is 24.4 Å². The molecule has 8 aliphatic carbocycles. The van der Waals surface area contributed by atoms with Gasteiger partial charge < -0.3 is 14.4 Å². The van der Waals surface area contributed by atoms with Crippen molar-refractivity contribution in [2.45, 2.75) is 146 Å². The van der Waals surface area contributed by atoms with Crippen molar-refractivity contribution < 1.29 is 9.47 Å². The number of fused-ring (bicyclic) bond motifs is 10. The molecule has 0 aromatic heterocycles. The van der Waals surface area contributed by atoms with Crippen LogP contribution in [0.25, 0.3) is 0 Å². The zero-order valence-electron chi connectivity index (χ0n) is 31.3. The Bertz CT molecular complexity index is 1790. The quantitative estimate of drug-likeness (QED) is 0.275. The molecule has 0 bridgehead atoms. The Kier molecular flexibility index (Phi) is 8.23. The molecule has 0 aromatic rings. The Balaban J connectivity index is 1.01. The third-order valence-electron chi connectivity index (χ3n) is 15.8. The summed E-state index contributed by atoms with van der Waals surface area (Å²) in [4.78, 5) is 2.81. The van der Waals surface area contributed by atoms with Crippen molar-refractivity contribution in [1.29, 1.82) is 0 Å². The van der Waals surface area contributed by atoms with Gasteiger partial charge in [-0.25, -0.2) is 0 Å². The lowest BCUT2D eigenvalue weighted by Gasteiger charge is -2.67. The number of allylic oxidation sites excluding steroid dienone is 14. The van der Waals surface area contributed by atoms with Gasteiger partial charge in [0.1, 0.15) is 0 Å². The maximum Gasteiger partial charge on any atom is 0.0802 e. The molecule has 11 atom stereocenters. The van der Waals surface area contributed by atoms with Crippen LogP contribution in [0.3, 0.4) is 0 Å². The normalized spacial score (nSPS) is 43.2. The van der Waals surface area contributed by atoms with Gasteiger partial charge in [0.25, 0.3) is 0 Å². The van der Waals surface area contributed by atoms with E-state index in [0.29, 0.717) is 47.8 Å². The van der Waals surface area contributed by atoms with Gasteiger partial charge in [-0.15, -0.1) is 0 Å². The van der Waals surface area contributed by atoms with E-state index in [2.05, 4.69) is 83.9 Å². The Morgan fingerprint density at radius 2 is 1.67 bits per heavy atom. The van der Waals surface area contributed by atoms with Gasteiger partial charge in [0.2, 0.25) is 0 Å². The molecule has 1 spiro atoms. The summed E-state index contributed by atoms with van der Waals surface area (Å²) in [6.07, 6.45) is 55.9. The minimum atomic E-state index is 0.142. The number of ether oxygens (including phenoxy) is 2. The standard InChI is InChI=1S/C49H59NO2/c1-3-14-32(15-4-1)36-19-13-22-42-48(36)52-47-31-34(26-28-41(47)49(42)39-20-8-11-24-45(39)51-46-25-12-9-21-40(46)49)33-27-29-44-38(30-33)37-18-7-10-23-43(37)50(44)35-16-5-2-6-17-35/h2-3,5,7-8,14-16,18,20-21,30-31,36-37,39,41-43,45-48H,1,4,6,9-13,17,19,22-29H2. The van der Waals surface area contributed by atoms with Gasteiger partial charge in [0, 0.05) is 40.6 Å². The van der Waals surface area contributed by atoms with E-state index >= 15 is 0 Å². The van der Waals surface area contributed by atoms with Crippen LogP contribution >= 0.6 is 0 Å². The van der Waals surface area contributed by atoms with Crippen molar-refractivity contribution in [3.8, 4) is 0 Å². The van der Waals surface area contributed by atoms with Crippen LogP contribution in [0.15, 0.2) is 118 Å². The third kappa shape index (κ3) is 4.96. The van der Waals surface area contributed by atoms with Gasteiger partial charge in [0.15, 0.2) is 0 Å². The van der Waals surface area contributed by atoms with Crippen LogP contribution in [0, 0.1) is 35.0 Å². The fourth-order valence-electron chi connectivity index (χ4n) is 13.9. The van der Waals surface area contributed by atoms with Gasteiger partial charge in [-0.2, -0.15) is 0 Å². The maximum atomic E-state index is 7.72. The molecular formula is C49H59NO2. The third-order valence-corrected chi connectivity index (χ3v) is 15.8. The summed E-state index contributed by atoms with van der Waals surface area (Å²) in [7, 11) is 0. The van der Waals surface area contributed by atoms with Crippen molar-refractivity contribution in [3.05, 3.63) is 118 Å². The molecule has 3 nitrogen and oxygen atoms in total. The number of rotatable bonds is 3. The summed E-state index contributed by atoms with van der Waals surface area (Å²) in [5, 5.41) is 0. The predicted molar refractivity (Wildman–Crippen MR) is 210 cm³/mol. The van der Waals surface area contributed by atoms with E-state index in [1.807, 2.05) is 0 Å². The van der Waals surface area contributed by atoms with Crippen LogP contribution in [0.1, 0.15) is 116 Å². The molecule has 0 amide bonds. The lowest BCUT2D eigenvalue weighted by Crippen LogP contribution is -2.67. The zero-order chi connectivity index (χ0) is 34.2. The monoisotopic (exact) mass is 693 g/mol. The molecule has 0 N–H and O–H groups in total. The van der Waals surface area contributed by atoms with Crippen molar-refractivity contribution in [1.82, 2.24) is 4.90 Å². The topological polar surface area (TPSA) is 21.7 Å². The van der Waals surface area contributed by atoms with Gasteiger partial charge in [-0.05, 0) is 155 Å². The number of nitrogens with zero attached hydrogens (tertiary/aromatic N) is 1. The molecule has 3 heteroatoms. The molecule has 3 fully saturated rings. The summed E-state index contributed by atoms with van der Waals surface area (Å²) in [6.45, 7) is 0. The van der Waals surface area contributed by atoms with Crippen LogP contribution in [-0.4, -0.2) is 35.4 Å². The van der Waals surface area contributed by atoms with E-state index in [4.69, 9.17) is 9.47 Å². The second-order valence-corrected chi connectivity index (χ2v) is 18.1. The van der Waals surface area contributed by atoms with Gasteiger partial charge >= 0.3 is 0 Å². The molecule has 2 saturated heterocycles. The molecule has 3 heterocycles. The highest BCUT2D eigenvalue weighted by Gasteiger charge is 2.66. The SMILES string of the molecule is C1=CCCC(N2C3=C(C=C(C4=CC5OC6C(C7=CCCC=C7)CCCC6C6(C7=CCCCC7OC7CCC=CC76)C5CC4)CC3)C3C=CCCC32)=C1. The second kappa shape index (κ2) is 13.2. The Labute approximate surface area is 312 Å². The Morgan fingerprint density at radius 3 is 2.60 bits per heavy atom. The van der Waals surface area contributed by atoms with Crippen molar-refractivity contribution in [2.24, 2.45) is 35.0 Å². The second-order valence-electron chi connectivity index (χ2n) is 18.1. The first-order valence-electron chi connectivity index (χ1n) is 21.8. The first kappa shape index (κ1) is 32.5. The van der Waals surface area contributed by atoms with Crippen molar-refractivity contribution in [3.63, 3.8) is 0 Å². The summed E-state index contributed by atoms with van der Waals surface area (Å²) >= 11 is 0. The zero-order valence-corrected chi connectivity index (χ0v) is 31.3. The molecule has 0 radical (unpaired) electrons. The minimum Gasteiger partial charge on any atom is -0.370 e. The molecular weight excluding hydrogens is 635 g/mol. The van der Waals surface area contributed by atoms with Crippen LogP contribution in [-0.2, 0) is 9.47 Å². The van der Waals surface area contributed by atoms with Crippen LogP contribution in [0.2, 0.25) is 0 Å². The highest BCUT2D eigenvalue weighted by Crippen LogP contribution is 2.67. The summed E-state index contributed by atoms with van der Waals surface area (Å²) in [5.41, 5.74) is 11.5. The van der Waals surface area contributed by atoms with E-state index in [1.54, 1.807) is 39.3 Å². The lowest BCUT2D eigenvalue weighted by atomic mass is 9.44. The minimum absolute atomic E-state index is 0.142. The maximum absolute atomic E-state index is 7.72. The number of hydrogen-bond donors (Lipinski definition) is 0. The highest BCUT2D eigenvalue weighted by atomic mass is 16.5. The first-order chi connectivity index (χ1) is 25.8. The highest BCUT2D eigenvalue weighted by molar-refractivity contribution is 5.51. The molecule has 11 rings (SSSR count). The van der Waals surface area contributed by atoms with Crippen LogP contribution < -0.4 is 0 Å². The average molecular weight is 694 g/mol. The first-order valence-corrected chi connectivity index (χ1v) is 21.8. The van der Waals surface area contributed by atoms with Gasteiger partial charge in [-0.1, -0.05) is 79.3 Å². The van der Waals surface area contributed by atoms with Crippen molar-refractivity contribution >= 4 is 0 Å². The predicted octanol–water partition coefficient (Wildman–Crippen LogP) is 11.5. The van der Waals surface area contributed by atoms with Crippen LogP contribution in [0.4, 0.5) is 0 Å². The molecule has 52 heavy (non-hydrogen) atoms. The summed E-state index contributed by atoms with van der Waals surface area (Å²) in [5.74, 6) is 2.60. The molecule has 3 aliphatic heterocycles. The van der Waals surface area contributed by atoms with Crippen LogP contribution in [0.5, 0.6) is 0 Å². The van der Waals surface area contributed by atoms with E-state index in [9.17, 15) is 0 Å². The number of hydrogen-bond acceptors (Lipinski definition) is 3. The molecule has 272 valence electrons. The van der Waals surface area contributed by atoms with E-state index < -0.39 is 0 Å². The smallest absolute Gasteiger partial charge is 0.0802 e. The lowest BCUT2D eigenvalue weighted by molar-refractivity contribution is -0.238. The molecule has 11 aliphatic rings. The Morgan fingerprint density at radius 1 is 0.712 bits per heavy atom. The molecule has 1 saturated carbocycles. The molecule has 0 aromatic carbocycles. The summed E-state index contributed by atoms with van der Waals surface area (Å²) < 4.78 is 14.9. The largest absolute Gasteiger partial charge is 0.370 e. The van der Waals surface area contributed by atoms with E-state index in [0.717, 1.165) is 6.42 Å². The average Bonchev–Trinajstić information content (AvgIpc) is 3.55. The fraction of sp³-hybridized carbons (Fsp3) is 0.592. The molecule has 11 unspecified atom stereocenters. The van der Waals surface area contributed by atoms with Gasteiger partial charge in [-0.3, -0.25) is 0 Å². The fourth-order valence-corrected chi connectivity index (χ4v) is 13.9. The van der Waals surface area contributed by atoms with E-state index in [-0.39, 0.29) is 17.6 Å². The van der Waals surface area contributed by atoms with E-state index in [1.165, 1.54) is 109 Å². The summed E-state index contributed by atoms with van der Waals surface area (Å²) in [6, 6.07) is 0.597. The van der Waals surface area contributed by atoms with Crippen molar-refractivity contribution in [2.75, 3.05) is 0 Å².